The Morgan fingerprint density at radius 2 is 1.78 bits per heavy atom. The summed E-state index contributed by atoms with van der Waals surface area (Å²) >= 11 is 0. The van der Waals surface area contributed by atoms with Crippen LogP contribution in [0.25, 0.3) is 0 Å². The van der Waals surface area contributed by atoms with Crippen LogP contribution in [0.2, 0.25) is 0 Å². The maximum Gasteiger partial charge on any atom is 0.410 e. The van der Waals surface area contributed by atoms with E-state index in [2.05, 4.69) is 5.32 Å². The predicted molar refractivity (Wildman–Crippen MR) is 126 cm³/mol. The number of fused-ring (bicyclic) bond motifs is 1. The molecule has 1 aromatic carbocycles. The molecule has 0 aliphatic carbocycles. The molecule has 36 heavy (non-hydrogen) atoms. The highest BCUT2D eigenvalue weighted by atomic mass is 19.1. The number of carboxylic acid groups (broad SMARTS) is 1. The largest absolute Gasteiger partial charge is 0.480 e. The zero-order chi connectivity index (χ0) is 27.0. The van der Waals surface area contributed by atoms with Gasteiger partial charge < -0.3 is 24.8 Å². The third-order valence-corrected chi connectivity index (χ3v) is 6.06. The zero-order valence-electron chi connectivity index (χ0n) is 21.5. The highest BCUT2D eigenvalue weighted by Gasteiger charge is 2.47. The topological polar surface area (TPSA) is 125 Å². The van der Waals surface area contributed by atoms with Crippen molar-refractivity contribution in [1.82, 2.24) is 15.1 Å². The number of ether oxygens (including phenoxy) is 2. The van der Waals surface area contributed by atoms with E-state index >= 15 is 0 Å². The van der Waals surface area contributed by atoms with Crippen LogP contribution in [0.5, 0.6) is 0 Å². The first kappa shape index (κ1) is 27.2. The minimum atomic E-state index is -1.25. The third kappa shape index (κ3) is 6.24. The fourth-order valence-electron chi connectivity index (χ4n) is 4.33. The molecule has 1 saturated heterocycles. The van der Waals surface area contributed by atoms with Gasteiger partial charge in [0.15, 0.2) is 0 Å². The molecule has 1 fully saturated rings. The van der Waals surface area contributed by atoms with Crippen LogP contribution in [0, 0.1) is 11.2 Å². The number of carbonyl (C=O) groups excluding carboxylic acids is 3. The van der Waals surface area contributed by atoms with Gasteiger partial charge in [-0.15, -0.1) is 0 Å². The summed E-state index contributed by atoms with van der Waals surface area (Å²) in [5, 5.41) is 12.3. The molecule has 0 bridgehead atoms. The number of nitrogens with one attached hydrogen (secondary N) is 1. The lowest BCUT2D eigenvalue weighted by Crippen LogP contribution is -2.57. The van der Waals surface area contributed by atoms with Crippen LogP contribution in [0.15, 0.2) is 18.2 Å². The number of halogens is 1. The predicted octanol–water partition coefficient (Wildman–Crippen LogP) is 3.27. The highest BCUT2D eigenvalue weighted by molar-refractivity contribution is 5.90. The van der Waals surface area contributed by atoms with Crippen LogP contribution in [-0.2, 0) is 32.2 Å². The Labute approximate surface area is 209 Å². The van der Waals surface area contributed by atoms with Crippen LogP contribution in [0.4, 0.5) is 14.0 Å². The number of likely N-dealkylation sites (tertiary alicyclic amines) is 1. The van der Waals surface area contributed by atoms with Crippen molar-refractivity contribution in [2.24, 2.45) is 5.41 Å². The molecule has 198 valence electrons. The zero-order valence-corrected chi connectivity index (χ0v) is 21.5. The van der Waals surface area contributed by atoms with Crippen LogP contribution < -0.4 is 5.32 Å². The number of hydrogen-bond acceptors (Lipinski definition) is 6. The van der Waals surface area contributed by atoms with E-state index in [1.54, 1.807) is 53.7 Å². The maximum absolute atomic E-state index is 14.0. The number of hydrogen-bond donors (Lipinski definition) is 2. The molecule has 2 aliphatic rings. The number of alkyl carbamates (subject to hydrolysis) is 1. The molecule has 11 heteroatoms. The SMILES string of the molecule is CC(C)(C)OC(=O)N[C@H](C(=O)N1C[C@H](OC(=O)N2Cc3cccc(F)c3C2)C[C@H]1C(=O)O)C(C)(C)C. The van der Waals surface area contributed by atoms with Crippen molar-refractivity contribution in [3.8, 4) is 0 Å². The number of carbonyl (C=O) groups is 4. The molecular formula is C25H34FN3O7. The summed E-state index contributed by atoms with van der Waals surface area (Å²) in [4.78, 5) is 53.1. The molecule has 0 aromatic heterocycles. The van der Waals surface area contributed by atoms with Crippen LogP contribution in [-0.4, -0.2) is 69.3 Å². The molecule has 10 nitrogen and oxygen atoms in total. The van der Waals surface area contributed by atoms with Crippen LogP contribution in [0.1, 0.15) is 59.1 Å². The maximum atomic E-state index is 14.0. The lowest BCUT2D eigenvalue weighted by Gasteiger charge is -2.35. The van der Waals surface area contributed by atoms with E-state index in [0.717, 1.165) is 4.90 Å². The lowest BCUT2D eigenvalue weighted by atomic mass is 9.85. The highest BCUT2D eigenvalue weighted by Crippen LogP contribution is 2.30. The number of benzene rings is 1. The molecule has 0 radical (unpaired) electrons. The first-order valence-electron chi connectivity index (χ1n) is 11.8. The van der Waals surface area contributed by atoms with Crippen molar-refractivity contribution in [3.05, 3.63) is 35.1 Å². The second kappa shape index (κ2) is 9.94. The number of rotatable bonds is 4. The summed E-state index contributed by atoms with van der Waals surface area (Å²) in [6.07, 6.45) is -2.50. The lowest BCUT2D eigenvalue weighted by molar-refractivity contribution is -0.150. The van der Waals surface area contributed by atoms with Gasteiger partial charge in [0.1, 0.15) is 29.6 Å². The third-order valence-electron chi connectivity index (χ3n) is 6.06. The number of aliphatic carboxylic acids is 1. The first-order valence-corrected chi connectivity index (χ1v) is 11.8. The molecule has 0 unspecified atom stereocenters. The van der Waals surface area contributed by atoms with E-state index in [0.29, 0.717) is 11.1 Å². The van der Waals surface area contributed by atoms with Crippen molar-refractivity contribution in [3.63, 3.8) is 0 Å². The van der Waals surface area contributed by atoms with Gasteiger partial charge in [0.05, 0.1) is 13.1 Å². The average Bonchev–Trinajstić information content (AvgIpc) is 3.35. The normalized spacial score (nSPS) is 20.5. The van der Waals surface area contributed by atoms with Crippen molar-refractivity contribution >= 4 is 24.1 Å². The number of amides is 3. The molecule has 0 spiro atoms. The van der Waals surface area contributed by atoms with Crippen LogP contribution >= 0.6 is 0 Å². The molecule has 3 atom stereocenters. The van der Waals surface area contributed by atoms with Gasteiger partial charge in [-0.1, -0.05) is 32.9 Å². The number of carboxylic acids is 1. The summed E-state index contributed by atoms with van der Waals surface area (Å²) in [6.45, 7) is 10.3. The Balaban J connectivity index is 1.71. The van der Waals surface area contributed by atoms with Crippen molar-refractivity contribution in [2.45, 2.75) is 84.8 Å². The molecule has 2 N–H and O–H groups in total. The second-order valence-corrected chi connectivity index (χ2v) is 11.3. The van der Waals surface area contributed by atoms with Gasteiger partial charge in [0.25, 0.3) is 0 Å². The molecular weight excluding hydrogens is 473 g/mol. The standard InChI is InChI=1S/C25H34FN3O7/c1-24(2,3)19(27-22(33)36-25(4,5)6)20(30)29-12-15(10-18(29)21(31)32)35-23(34)28-11-14-8-7-9-17(26)16(14)13-28/h7-9,15,18-19H,10-13H2,1-6H3,(H,27,33)(H,31,32)/t15-,18+,19-/m1/s1. The average molecular weight is 508 g/mol. The van der Waals surface area contributed by atoms with E-state index in [1.807, 2.05) is 0 Å². The Morgan fingerprint density at radius 3 is 2.33 bits per heavy atom. The van der Waals surface area contributed by atoms with Crippen molar-refractivity contribution in [1.29, 1.82) is 0 Å². The number of nitrogens with zero attached hydrogens (tertiary/aromatic N) is 2. The molecule has 1 aromatic rings. The van der Waals surface area contributed by atoms with Gasteiger partial charge in [-0.3, -0.25) is 9.69 Å². The monoisotopic (exact) mass is 507 g/mol. The van der Waals surface area contributed by atoms with E-state index in [9.17, 15) is 28.7 Å². The van der Waals surface area contributed by atoms with Gasteiger partial charge in [0, 0.05) is 18.5 Å². The van der Waals surface area contributed by atoms with Gasteiger partial charge in [0.2, 0.25) is 5.91 Å². The summed E-state index contributed by atoms with van der Waals surface area (Å²) in [5.74, 6) is -2.27. The summed E-state index contributed by atoms with van der Waals surface area (Å²) in [6, 6.07) is 2.29. The van der Waals surface area contributed by atoms with Gasteiger partial charge >= 0.3 is 18.2 Å². The summed E-state index contributed by atoms with van der Waals surface area (Å²) in [5.41, 5.74) is -0.455. The fourth-order valence-corrected chi connectivity index (χ4v) is 4.33. The smallest absolute Gasteiger partial charge is 0.410 e. The summed E-state index contributed by atoms with van der Waals surface area (Å²) < 4.78 is 24.9. The Morgan fingerprint density at radius 1 is 1.11 bits per heavy atom. The minimum Gasteiger partial charge on any atom is -0.480 e. The second-order valence-electron chi connectivity index (χ2n) is 11.3. The summed E-state index contributed by atoms with van der Waals surface area (Å²) in [7, 11) is 0. The van der Waals surface area contributed by atoms with Gasteiger partial charge in [-0.2, -0.15) is 0 Å². The molecule has 0 saturated carbocycles. The quantitative estimate of drug-likeness (QED) is 0.641. The van der Waals surface area contributed by atoms with Crippen LogP contribution in [0.3, 0.4) is 0 Å². The molecule has 3 rings (SSSR count). The Bertz CT molecular complexity index is 1050. The minimum absolute atomic E-state index is 0.0461. The molecule has 2 aliphatic heterocycles. The fraction of sp³-hybridized carbons (Fsp3) is 0.600. The molecule has 3 amide bonds. The Kier molecular flexibility index (Phi) is 7.52. The van der Waals surface area contributed by atoms with E-state index in [1.165, 1.54) is 11.0 Å². The van der Waals surface area contributed by atoms with Crippen molar-refractivity contribution in [2.75, 3.05) is 6.54 Å². The van der Waals surface area contributed by atoms with E-state index < -0.39 is 59.1 Å². The van der Waals surface area contributed by atoms with Crippen molar-refractivity contribution < 1.29 is 38.1 Å². The van der Waals surface area contributed by atoms with Gasteiger partial charge in [-0.25, -0.2) is 18.8 Å². The van der Waals surface area contributed by atoms with Gasteiger partial charge in [-0.05, 0) is 37.8 Å². The first-order chi connectivity index (χ1) is 16.6. The molecule has 2 heterocycles. The van der Waals surface area contributed by atoms with E-state index in [4.69, 9.17) is 9.47 Å². The van der Waals surface area contributed by atoms with E-state index in [-0.39, 0.29) is 26.1 Å². The Hall–Kier alpha value is -3.37.